The molecule has 0 aliphatic carbocycles. The molecule has 1 spiro atoms. The molecule has 2 aliphatic rings. The molecule has 20 heavy (non-hydrogen) atoms. The minimum absolute atomic E-state index is 0.177. The first kappa shape index (κ1) is 14.5. The van der Waals surface area contributed by atoms with Crippen molar-refractivity contribution in [1.82, 2.24) is 9.80 Å². The molecule has 3 rings (SSSR count). The number of piperidine rings is 1. The van der Waals surface area contributed by atoms with Gasteiger partial charge in [-0.2, -0.15) is 0 Å². The highest BCUT2D eigenvalue weighted by molar-refractivity contribution is 7.11. The third-order valence-electron chi connectivity index (χ3n) is 4.86. The van der Waals surface area contributed by atoms with Crippen LogP contribution in [0.3, 0.4) is 0 Å². The maximum Gasteiger partial charge on any atom is 0.0723 e. The zero-order chi connectivity index (χ0) is 14.2. The molecule has 4 heteroatoms. The fourth-order valence-corrected chi connectivity index (χ4v) is 4.34. The monoisotopic (exact) mass is 294 g/mol. The van der Waals surface area contributed by atoms with Crippen LogP contribution in [0.4, 0.5) is 0 Å². The first-order chi connectivity index (χ1) is 9.56. The van der Waals surface area contributed by atoms with Gasteiger partial charge in [0.05, 0.1) is 12.2 Å². The van der Waals surface area contributed by atoms with Crippen LogP contribution in [-0.2, 0) is 11.3 Å². The van der Waals surface area contributed by atoms with Crippen LogP contribution in [0.15, 0.2) is 12.1 Å². The molecule has 0 aromatic carbocycles. The number of likely N-dealkylation sites (N-methyl/N-ethyl adjacent to an activating group) is 1. The first-order valence-electron chi connectivity index (χ1n) is 7.64. The summed E-state index contributed by atoms with van der Waals surface area (Å²) in [6, 6.07) is 5.12. The number of hydrogen-bond acceptors (Lipinski definition) is 4. The second kappa shape index (κ2) is 5.76. The molecule has 0 radical (unpaired) electrons. The number of likely N-dealkylation sites (tertiary alicyclic amines) is 1. The molecule has 0 N–H and O–H groups in total. The molecule has 112 valence electrons. The van der Waals surface area contributed by atoms with Crippen LogP contribution in [0.1, 0.15) is 29.0 Å². The third kappa shape index (κ3) is 3.08. The van der Waals surface area contributed by atoms with Gasteiger partial charge in [0.2, 0.25) is 0 Å². The summed E-state index contributed by atoms with van der Waals surface area (Å²) in [7, 11) is 4.34. The number of nitrogens with zero attached hydrogens (tertiary/aromatic N) is 2. The predicted molar refractivity (Wildman–Crippen MR) is 84.3 cm³/mol. The largest absolute Gasteiger partial charge is 0.373 e. The van der Waals surface area contributed by atoms with Crippen molar-refractivity contribution < 1.29 is 4.74 Å². The molecule has 1 unspecified atom stereocenters. The summed E-state index contributed by atoms with van der Waals surface area (Å²) in [5.74, 6) is 0. The summed E-state index contributed by atoms with van der Waals surface area (Å²) < 4.78 is 6.19. The summed E-state index contributed by atoms with van der Waals surface area (Å²) in [6.07, 6.45) is 3.61. The van der Waals surface area contributed by atoms with Crippen LogP contribution in [0.25, 0.3) is 0 Å². The average molecular weight is 294 g/mol. The number of thiophene rings is 1. The van der Waals surface area contributed by atoms with Crippen LogP contribution in [0.5, 0.6) is 0 Å². The van der Waals surface area contributed by atoms with Crippen molar-refractivity contribution >= 4 is 11.3 Å². The van der Waals surface area contributed by atoms with Gasteiger partial charge in [0, 0.05) is 35.4 Å². The van der Waals surface area contributed by atoms with Crippen LogP contribution < -0.4 is 0 Å². The maximum absolute atomic E-state index is 6.19. The van der Waals surface area contributed by atoms with E-state index in [1.165, 1.54) is 42.1 Å². The molecule has 3 nitrogen and oxygen atoms in total. The smallest absolute Gasteiger partial charge is 0.0723 e. The van der Waals surface area contributed by atoms with Crippen molar-refractivity contribution in [1.29, 1.82) is 0 Å². The molecule has 0 saturated carbocycles. The minimum atomic E-state index is 0.177. The zero-order valence-corrected chi connectivity index (χ0v) is 13.7. The molecule has 2 saturated heterocycles. The lowest BCUT2D eigenvalue weighted by Crippen LogP contribution is -2.44. The Labute approximate surface area is 126 Å². The van der Waals surface area contributed by atoms with E-state index in [1.54, 1.807) is 0 Å². The normalized spacial score (nSPS) is 26.7. The van der Waals surface area contributed by atoms with Crippen molar-refractivity contribution in [3.05, 3.63) is 21.9 Å². The SMILES string of the molecule is Cc1ccc(CN2CCC3(CC2)CC(N(C)C)CO3)s1. The van der Waals surface area contributed by atoms with Crippen molar-refractivity contribution in [2.24, 2.45) is 0 Å². The van der Waals surface area contributed by atoms with Crippen LogP contribution in [-0.4, -0.2) is 55.2 Å². The van der Waals surface area contributed by atoms with Gasteiger partial charge in [-0.05, 0) is 52.4 Å². The lowest BCUT2D eigenvalue weighted by Gasteiger charge is -2.38. The van der Waals surface area contributed by atoms with Crippen LogP contribution in [0, 0.1) is 6.92 Å². The Morgan fingerprint density at radius 2 is 2.10 bits per heavy atom. The highest BCUT2D eigenvalue weighted by Gasteiger charge is 2.43. The van der Waals surface area contributed by atoms with Crippen LogP contribution >= 0.6 is 11.3 Å². The Morgan fingerprint density at radius 1 is 1.35 bits per heavy atom. The molecule has 2 fully saturated rings. The average Bonchev–Trinajstić information content (AvgIpc) is 3.00. The Balaban J connectivity index is 1.52. The van der Waals surface area contributed by atoms with E-state index < -0.39 is 0 Å². The Morgan fingerprint density at radius 3 is 2.65 bits per heavy atom. The Bertz CT molecular complexity index is 449. The lowest BCUT2D eigenvalue weighted by atomic mass is 9.87. The van der Waals surface area contributed by atoms with Gasteiger partial charge >= 0.3 is 0 Å². The van der Waals surface area contributed by atoms with Gasteiger partial charge in [-0.3, -0.25) is 4.90 Å². The van der Waals surface area contributed by atoms with E-state index in [1.807, 2.05) is 11.3 Å². The minimum Gasteiger partial charge on any atom is -0.373 e. The molecule has 3 heterocycles. The highest BCUT2D eigenvalue weighted by atomic mass is 32.1. The van der Waals surface area contributed by atoms with Gasteiger partial charge in [0.15, 0.2) is 0 Å². The van der Waals surface area contributed by atoms with Crippen molar-refractivity contribution in [2.45, 2.75) is 44.4 Å². The third-order valence-corrected chi connectivity index (χ3v) is 5.85. The van der Waals surface area contributed by atoms with E-state index in [0.717, 1.165) is 13.2 Å². The molecule has 1 atom stereocenters. The second-order valence-electron chi connectivity index (χ2n) is 6.60. The van der Waals surface area contributed by atoms with Gasteiger partial charge in [-0.1, -0.05) is 0 Å². The van der Waals surface area contributed by atoms with Crippen molar-refractivity contribution in [2.75, 3.05) is 33.8 Å². The Kier molecular flexibility index (Phi) is 4.18. The predicted octanol–water partition coefficient (Wildman–Crippen LogP) is 2.74. The van der Waals surface area contributed by atoms with E-state index >= 15 is 0 Å². The summed E-state index contributed by atoms with van der Waals surface area (Å²) in [5, 5.41) is 0. The molecule has 2 aliphatic heterocycles. The number of rotatable bonds is 3. The molecule has 1 aromatic rings. The summed E-state index contributed by atoms with van der Waals surface area (Å²) in [6.45, 7) is 6.57. The number of aryl methyl sites for hydroxylation is 1. The molecule has 1 aromatic heterocycles. The van der Waals surface area contributed by atoms with Gasteiger partial charge in [-0.25, -0.2) is 0 Å². The molecule has 0 amide bonds. The quantitative estimate of drug-likeness (QED) is 0.852. The van der Waals surface area contributed by atoms with Gasteiger partial charge in [-0.15, -0.1) is 11.3 Å². The highest BCUT2D eigenvalue weighted by Crippen LogP contribution is 2.37. The van der Waals surface area contributed by atoms with Gasteiger partial charge in [0.25, 0.3) is 0 Å². The topological polar surface area (TPSA) is 15.7 Å². The van der Waals surface area contributed by atoms with Gasteiger partial charge < -0.3 is 9.64 Å². The standard InChI is InChI=1S/C16H26N2OS/c1-13-4-5-15(20-13)11-18-8-6-16(7-9-18)10-14(12-19-16)17(2)3/h4-5,14H,6-12H2,1-3H3. The molecule has 0 bridgehead atoms. The zero-order valence-electron chi connectivity index (χ0n) is 12.9. The van der Waals surface area contributed by atoms with E-state index in [-0.39, 0.29) is 5.60 Å². The first-order valence-corrected chi connectivity index (χ1v) is 8.46. The molecular formula is C16H26N2OS. The van der Waals surface area contributed by atoms with E-state index in [9.17, 15) is 0 Å². The van der Waals surface area contributed by atoms with E-state index in [4.69, 9.17) is 4.74 Å². The van der Waals surface area contributed by atoms with Gasteiger partial charge in [0.1, 0.15) is 0 Å². The van der Waals surface area contributed by atoms with Crippen LogP contribution in [0.2, 0.25) is 0 Å². The van der Waals surface area contributed by atoms with E-state index in [2.05, 4.69) is 43.0 Å². The van der Waals surface area contributed by atoms with Crippen molar-refractivity contribution in [3.8, 4) is 0 Å². The summed E-state index contributed by atoms with van der Waals surface area (Å²) in [4.78, 5) is 7.82. The lowest BCUT2D eigenvalue weighted by molar-refractivity contribution is -0.0450. The summed E-state index contributed by atoms with van der Waals surface area (Å²) >= 11 is 1.93. The summed E-state index contributed by atoms with van der Waals surface area (Å²) in [5.41, 5.74) is 0.177. The van der Waals surface area contributed by atoms with E-state index in [0.29, 0.717) is 6.04 Å². The molecular weight excluding hydrogens is 268 g/mol. The second-order valence-corrected chi connectivity index (χ2v) is 7.98. The van der Waals surface area contributed by atoms with Crippen molar-refractivity contribution in [3.63, 3.8) is 0 Å². The fraction of sp³-hybridized carbons (Fsp3) is 0.750. The number of hydrogen-bond donors (Lipinski definition) is 0. The fourth-order valence-electron chi connectivity index (χ4n) is 3.41. The maximum atomic E-state index is 6.19. The number of ether oxygens (including phenoxy) is 1. The Hall–Kier alpha value is -0.420.